The lowest BCUT2D eigenvalue weighted by Crippen LogP contribution is -2.61. The first-order valence-electron chi connectivity index (χ1n) is 7.30. The molecule has 2 aromatic rings. The van der Waals surface area contributed by atoms with Gasteiger partial charge in [-0.3, -0.25) is 9.59 Å². The molecule has 0 aliphatic carbocycles. The molecule has 3 rings (SSSR count). The smallest absolute Gasteiger partial charge is 0.250 e. The molecule has 1 fully saturated rings. The number of likely N-dealkylation sites (tertiary alicyclic amines) is 1. The van der Waals surface area contributed by atoms with E-state index >= 15 is 0 Å². The molecule has 1 aliphatic heterocycles. The molecular formula is C17H18N2O3. The van der Waals surface area contributed by atoms with Crippen LogP contribution in [0.4, 0.5) is 0 Å². The number of carbonyl (C=O) groups is 1. The summed E-state index contributed by atoms with van der Waals surface area (Å²) in [6, 6.07) is 14.3. The van der Waals surface area contributed by atoms with Gasteiger partial charge in [0.05, 0.1) is 13.1 Å². The van der Waals surface area contributed by atoms with Gasteiger partial charge >= 0.3 is 0 Å². The summed E-state index contributed by atoms with van der Waals surface area (Å²) in [5.74, 6) is -0.0450. The highest BCUT2D eigenvalue weighted by Crippen LogP contribution is 2.31. The van der Waals surface area contributed by atoms with Crippen molar-refractivity contribution in [3.63, 3.8) is 0 Å². The molecule has 0 saturated carbocycles. The van der Waals surface area contributed by atoms with E-state index in [-0.39, 0.29) is 17.9 Å². The molecule has 22 heavy (non-hydrogen) atoms. The summed E-state index contributed by atoms with van der Waals surface area (Å²) < 4.78 is 1.51. The Hall–Kier alpha value is -2.40. The second-order valence-electron chi connectivity index (χ2n) is 5.63. The molecular weight excluding hydrogens is 280 g/mol. The van der Waals surface area contributed by atoms with E-state index in [1.807, 2.05) is 30.3 Å². The first kappa shape index (κ1) is 14.5. The van der Waals surface area contributed by atoms with Gasteiger partial charge < -0.3 is 14.6 Å². The first-order valence-corrected chi connectivity index (χ1v) is 7.30. The van der Waals surface area contributed by atoms with Gasteiger partial charge in [0.1, 0.15) is 5.60 Å². The molecule has 5 nitrogen and oxygen atoms in total. The Labute approximate surface area is 128 Å². The van der Waals surface area contributed by atoms with Crippen LogP contribution in [0.25, 0.3) is 0 Å². The molecule has 0 atom stereocenters. The zero-order valence-electron chi connectivity index (χ0n) is 12.2. The van der Waals surface area contributed by atoms with Gasteiger partial charge in [0, 0.05) is 25.2 Å². The largest absolute Gasteiger partial charge is 0.381 e. The molecule has 1 aromatic heterocycles. The molecule has 1 saturated heterocycles. The van der Waals surface area contributed by atoms with Crippen LogP contribution >= 0.6 is 0 Å². The number of nitrogens with zero attached hydrogens (tertiary/aromatic N) is 2. The Balaban J connectivity index is 1.56. The minimum atomic E-state index is -0.944. The fourth-order valence-electron chi connectivity index (χ4n) is 2.71. The van der Waals surface area contributed by atoms with Crippen LogP contribution < -0.4 is 5.56 Å². The minimum absolute atomic E-state index is 0.0450. The van der Waals surface area contributed by atoms with Gasteiger partial charge in [-0.05, 0) is 11.6 Å². The van der Waals surface area contributed by atoms with Crippen LogP contribution in [0.15, 0.2) is 59.5 Å². The van der Waals surface area contributed by atoms with E-state index < -0.39 is 5.60 Å². The Morgan fingerprint density at radius 1 is 1.09 bits per heavy atom. The van der Waals surface area contributed by atoms with Crippen LogP contribution in [-0.2, 0) is 16.9 Å². The number of benzene rings is 1. The van der Waals surface area contributed by atoms with E-state index in [9.17, 15) is 14.7 Å². The van der Waals surface area contributed by atoms with E-state index in [4.69, 9.17) is 0 Å². The van der Waals surface area contributed by atoms with E-state index in [1.54, 1.807) is 23.2 Å². The molecule has 1 amide bonds. The van der Waals surface area contributed by atoms with Crippen molar-refractivity contribution >= 4 is 5.91 Å². The minimum Gasteiger partial charge on any atom is -0.381 e. The summed E-state index contributed by atoms with van der Waals surface area (Å²) >= 11 is 0. The Morgan fingerprint density at radius 3 is 2.45 bits per heavy atom. The number of carbonyl (C=O) groups excluding carboxylic acids is 1. The summed E-state index contributed by atoms with van der Waals surface area (Å²) in [5, 5.41) is 10.5. The van der Waals surface area contributed by atoms with Crippen molar-refractivity contribution in [1.82, 2.24) is 9.47 Å². The standard InChI is InChI=1S/C17H18N2O3/c20-15-8-4-5-10-18(15)11-9-16(21)19-12-17(22,13-19)14-6-2-1-3-7-14/h1-8,10,22H,9,11-13H2. The van der Waals surface area contributed by atoms with Gasteiger partial charge in [0.2, 0.25) is 5.91 Å². The van der Waals surface area contributed by atoms with Gasteiger partial charge in [-0.2, -0.15) is 0 Å². The maximum Gasteiger partial charge on any atom is 0.250 e. The van der Waals surface area contributed by atoms with Gasteiger partial charge in [-0.1, -0.05) is 36.4 Å². The number of aliphatic hydroxyl groups is 1. The Kier molecular flexibility index (Phi) is 3.81. The maximum atomic E-state index is 12.1. The van der Waals surface area contributed by atoms with Crippen LogP contribution in [0.2, 0.25) is 0 Å². The first-order chi connectivity index (χ1) is 10.6. The molecule has 0 bridgehead atoms. The van der Waals surface area contributed by atoms with Crippen molar-refractivity contribution in [1.29, 1.82) is 0 Å². The van der Waals surface area contributed by atoms with E-state index in [0.29, 0.717) is 19.6 Å². The van der Waals surface area contributed by atoms with Crippen LogP contribution in [0.1, 0.15) is 12.0 Å². The zero-order valence-corrected chi connectivity index (χ0v) is 12.2. The van der Waals surface area contributed by atoms with Gasteiger partial charge in [-0.25, -0.2) is 0 Å². The highest BCUT2D eigenvalue weighted by molar-refractivity contribution is 5.77. The fraction of sp³-hybridized carbons (Fsp3) is 0.294. The summed E-state index contributed by atoms with van der Waals surface area (Å²) in [6.07, 6.45) is 1.93. The third kappa shape index (κ3) is 2.80. The predicted octanol–water partition coefficient (Wildman–Crippen LogP) is 0.968. The summed E-state index contributed by atoms with van der Waals surface area (Å²) in [6.45, 7) is 0.970. The Morgan fingerprint density at radius 2 is 1.77 bits per heavy atom. The second kappa shape index (κ2) is 5.77. The molecule has 5 heteroatoms. The SMILES string of the molecule is O=C(CCn1ccccc1=O)N1CC(O)(c2ccccc2)C1. The Bertz CT molecular complexity index is 718. The molecule has 1 N–H and O–H groups in total. The quantitative estimate of drug-likeness (QED) is 0.915. The van der Waals surface area contributed by atoms with Gasteiger partial charge in [0.15, 0.2) is 0 Å². The predicted molar refractivity (Wildman–Crippen MR) is 82.2 cm³/mol. The average molecular weight is 298 g/mol. The second-order valence-corrected chi connectivity index (χ2v) is 5.63. The van der Waals surface area contributed by atoms with Crippen LogP contribution in [0.5, 0.6) is 0 Å². The molecule has 114 valence electrons. The third-order valence-electron chi connectivity index (χ3n) is 4.03. The number of aromatic nitrogens is 1. The number of hydrogen-bond donors (Lipinski definition) is 1. The molecule has 0 radical (unpaired) electrons. The highest BCUT2D eigenvalue weighted by Gasteiger charge is 2.44. The van der Waals surface area contributed by atoms with Gasteiger partial charge in [-0.15, -0.1) is 0 Å². The maximum absolute atomic E-state index is 12.1. The lowest BCUT2D eigenvalue weighted by Gasteiger charge is -2.46. The van der Waals surface area contributed by atoms with Crippen LogP contribution in [0, 0.1) is 0 Å². The summed E-state index contributed by atoms with van der Waals surface area (Å²) in [4.78, 5) is 25.3. The van der Waals surface area contributed by atoms with Crippen molar-refractivity contribution in [3.05, 3.63) is 70.6 Å². The van der Waals surface area contributed by atoms with Crippen molar-refractivity contribution in [2.75, 3.05) is 13.1 Å². The third-order valence-corrected chi connectivity index (χ3v) is 4.03. The highest BCUT2D eigenvalue weighted by atomic mass is 16.3. The van der Waals surface area contributed by atoms with Crippen molar-refractivity contribution in [2.45, 2.75) is 18.6 Å². The number of pyridine rings is 1. The molecule has 0 spiro atoms. The molecule has 0 unspecified atom stereocenters. The van der Waals surface area contributed by atoms with Crippen LogP contribution in [0.3, 0.4) is 0 Å². The number of β-amino-alcohol motifs (C(OH)–C–C–N with tert-alkyl or cyclic N) is 1. The van der Waals surface area contributed by atoms with Gasteiger partial charge in [0.25, 0.3) is 5.56 Å². The lowest BCUT2D eigenvalue weighted by molar-refractivity contribution is -0.157. The number of aryl methyl sites for hydroxylation is 1. The average Bonchev–Trinajstić information content (AvgIpc) is 2.51. The van der Waals surface area contributed by atoms with Crippen molar-refractivity contribution in [3.8, 4) is 0 Å². The fourth-order valence-corrected chi connectivity index (χ4v) is 2.71. The molecule has 2 heterocycles. The number of hydrogen-bond acceptors (Lipinski definition) is 3. The zero-order chi connectivity index (χ0) is 15.6. The molecule has 1 aromatic carbocycles. The van der Waals surface area contributed by atoms with Crippen molar-refractivity contribution in [2.24, 2.45) is 0 Å². The molecule has 1 aliphatic rings. The van der Waals surface area contributed by atoms with E-state index in [0.717, 1.165) is 5.56 Å². The normalized spacial score (nSPS) is 16.1. The summed E-state index contributed by atoms with van der Waals surface area (Å²) in [5.41, 5.74) is -0.224. The number of amides is 1. The topological polar surface area (TPSA) is 62.5 Å². The van der Waals surface area contributed by atoms with Crippen LogP contribution in [-0.4, -0.2) is 33.6 Å². The lowest BCUT2D eigenvalue weighted by atomic mass is 9.86. The summed E-state index contributed by atoms with van der Waals surface area (Å²) in [7, 11) is 0. The van der Waals surface area contributed by atoms with E-state index in [2.05, 4.69) is 0 Å². The monoisotopic (exact) mass is 298 g/mol. The van der Waals surface area contributed by atoms with E-state index in [1.165, 1.54) is 10.6 Å². The number of rotatable bonds is 4. The van der Waals surface area contributed by atoms with Crippen molar-refractivity contribution < 1.29 is 9.90 Å².